The molecule has 2 heterocycles. The summed E-state index contributed by atoms with van der Waals surface area (Å²) in [5.74, 6) is 0.803. The molecule has 1 N–H and O–H groups in total. The molecule has 0 radical (unpaired) electrons. The predicted molar refractivity (Wildman–Crippen MR) is 47.3 cm³/mol. The van der Waals surface area contributed by atoms with E-state index >= 15 is 0 Å². The molecule has 0 bridgehead atoms. The van der Waals surface area contributed by atoms with Crippen LogP contribution in [-0.4, -0.2) is 21.8 Å². The zero-order valence-electron chi connectivity index (χ0n) is 7.07. The van der Waals surface area contributed by atoms with Gasteiger partial charge in [0.15, 0.2) is 5.82 Å². The number of rotatable bonds is 0. The summed E-state index contributed by atoms with van der Waals surface area (Å²) in [6, 6.07) is 0. The zero-order chi connectivity index (χ0) is 8.60. The third kappa shape index (κ3) is 1.15. The normalized spacial score (nSPS) is 18.2. The maximum absolute atomic E-state index is 4.26. The average molecular weight is 162 g/mol. The summed E-state index contributed by atoms with van der Waals surface area (Å²) in [4.78, 5) is 12.5. The molecule has 4 nitrogen and oxygen atoms in total. The summed E-state index contributed by atoms with van der Waals surface area (Å²) >= 11 is 0. The van der Waals surface area contributed by atoms with Crippen molar-refractivity contribution in [1.82, 2.24) is 9.97 Å². The first-order chi connectivity index (χ1) is 5.67. The van der Waals surface area contributed by atoms with Crippen LogP contribution in [-0.2, 0) is 0 Å². The molecule has 0 aromatic carbocycles. The van der Waals surface area contributed by atoms with Gasteiger partial charge in [-0.1, -0.05) is 0 Å². The molecular weight excluding hydrogens is 152 g/mol. The molecule has 4 heteroatoms. The Morgan fingerprint density at radius 3 is 2.83 bits per heavy atom. The van der Waals surface area contributed by atoms with Gasteiger partial charge >= 0.3 is 0 Å². The van der Waals surface area contributed by atoms with Crippen molar-refractivity contribution in [2.45, 2.75) is 19.5 Å². The summed E-state index contributed by atoms with van der Waals surface area (Å²) in [7, 11) is 0. The van der Waals surface area contributed by atoms with Crippen LogP contribution in [0.1, 0.15) is 19.5 Å². The van der Waals surface area contributed by atoms with Gasteiger partial charge in [-0.15, -0.1) is 0 Å². The second kappa shape index (κ2) is 2.27. The molecule has 1 aliphatic rings. The molecule has 0 spiro atoms. The summed E-state index contributed by atoms with van der Waals surface area (Å²) < 4.78 is 0. The van der Waals surface area contributed by atoms with Crippen LogP contribution in [0.3, 0.4) is 0 Å². The molecule has 0 saturated heterocycles. The number of hydrogen-bond acceptors (Lipinski definition) is 4. The lowest BCUT2D eigenvalue weighted by Gasteiger charge is -2.25. The fourth-order valence-corrected chi connectivity index (χ4v) is 1.08. The topological polar surface area (TPSA) is 50.2 Å². The van der Waals surface area contributed by atoms with Gasteiger partial charge in [-0.3, -0.25) is 4.99 Å². The second-order valence-corrected chi connectivity index (χ2v) is 3.23. The minimum atomic E-state index is -0.261. The molecule has 0 unspecified atom stereocenters. The molecule has 0 fully saturated rings. The van der Waals surface area contributed by atoms with Crippen molar-refractivity contribution in [1.29, 1.82) is 0 Å². The lowest BCUT2D eigenvalue weighted by Crippen LogP contribution is -2.32. The quantitative estimate of drug-likeness (QED) is 0.620. The fourth-order valence-electron chi connectivity index (χ4n) is 1.08. The van der Waals surface area contributed by atoms with Crippen molar-refractivity contribution in [3.8, 4) is 0 Å². The van der Waals surface area contributed by atoms with Crippen LogP contribution < -0.4 is 5.32 Å². The highest BCUT2D eigenvalue weighted by Crippen LogP contribution is 2.19. The van der Waals surface area contributed by atoms with Gasteiger partial charge in [0.05, 0.1) is 6.21 Å². The highest BCUT2D eigenvalue weighted by molar-refractivity contribution is 5.85. The SMILES string of the molecule is CC1(C)N=Cc2nccnc2N1. The largest absolute Gasteiger partial charge is 0.345 e. The molecule has 0 amide bonds. The minimum Gasteiger partial charge on any atom is -0.345 e. The van der Waals surface area contributed by atoms with Crippen LogP contribution >= 0.6 is 0 Å². The standard InChI is InChI=1S/C8H10N4/c1-8(2)11-5-6-7(12-8)10-4-3-9-6/h3-5H,1-2H3,(H,10,12). The van der Waals surface area contributed by atoms with Crippen molar-refractivity contribution >= 4 is 12.0 Å². The number of nitrogens with zero attached hydrogens (tertiary/aromatic N) is 3. The highest BCUT2D eigenvalue weighted by Gasteiger charge is 2.21. The molecule has 0 atom stereocenters. The van der Waals surface area contributed by atoms with E-state index in [2.05, 4.69) is 20.3 Å². The lowest BCUT2D eigenvalue weighted by atomic mass is 10.2. The van der Waals surface area contributed by atoms with E-state index in [1.54, 1.807) is 18.6 Å². The molecule has 1 aliphatic heterocycles. The van der Waals surface area contributed by atoms with Crippen LogP contribution in [0.15, 0.2) is 17.4 Å². The second-order valence-electron chi connectivity index (χ2n) is 3.23. The number of anilines is 1. The van der Waals surface area contributed by atoms with Crippen molar-refractivity contribution in [2.75, 3.05) is 5.32 Å². The first kappa shape index (κ1) is 7.21. The average Bonchev–Trinajstić information content (AvgIpc) is 2.02. The molecule has 0 saturated carbocycles. The van der Waals surface area contributed by atoms with Gasteiger partial charge in [0.2, 0.25) is 0 Å². The number of hydrogen-bond donors (Lipinski definition) is 1. The molecule has 2 rings (SSSR count). The Morgan fingerprint density at radius 1 is 1.25 bits per heavy atom. The Balaban J connectivity index is 2.46. The Morgan fingerprint density at radius 2 is 2.00 bits per heavy atom. The summed E-state index contributed by atoms with van der Waals surface area (Å²) in [6.07, 6.45) is 5.07. The first-order valence-electron chi connectivity index (χ1n) is 3.82. The molecule has 12 heavy (non-hydrogen) atoms. The molecule has 1 aromatic rings. The molecule has 0 aliphatic carbocycles. The summed E-state index contributed by atoms with van der Waals surface area (Å²) in [5, 5.41) is 3.16. The van der Waals surface area contributed by atoms with Gasteiger partial charge in [-0.25, -0.2) is 9.97 Å². The van der Waals surface area contributed by atoms with Crippen LogP contribution in [0.2, 0.25) is 0 Å². The molecule has 1 aromatic heterocycles. The van der Waals surface area contributed by atoms with E-state index < -0.39 is 0 Å². The maximum atomic E-state index is 4.26. The van der Waals surface area contributed by atoms with Crippen molar-refractivity contribution in [2.24, 2.45) is 4.99 Å². The minimum absolute atomic E-state index is 0.261. The third-order valence-corrected chi connectivity index (χ3v) is 1.66. The van der Waals surface area contributed by atoms with Crippen molar-refractivity contribution < 1.29 is 0 Å². The van der Waals surface area contributed by atoms with E-state index in [4.69, 9.17) is 0 Å². The van der Waals surface area contributed by atoms with E-state index in [0.29, 0.717) is 0 Å². The summed E-state index contributed by atoms with van der Waals surface area (Å²) in [5.41, 5.74) is 0.542. The van der Waals surface area contributed by atoms with E-state index in [9.17, 15) is 0 Å². The smallest absolute Gasteiger partial charge is 0.155 e. The van der Waals surface area contributed by atoms with Gasteiger partial charge in [0.25, 0.3) is 0 Å². The van der Waals surface area contributed by atoms with Crippen molar-refractivity contribution in [3.05, 3.63) is 18.1 Å². The van der Waals surface area contributed by atoms with Gasteiger partial charge in [0, 0.05) is 12.4 Å². The predicted octanol–water partition coefficient (Wildman–Crippen LogP) is 1.06. The van der Waals surface area contributed by atoms with E-state index in [0.717, 1.165) is 11.5 Å². The lowest BCUT2D eigenvalue weighted by molar-refractivity contribution is 0.594. The third-order valence-electron chi connectivity index (χ3n) is 1.66. The van der Waals surface area contributed by atoms with Gasteiger partial charge in [-0.05, 0) is 13.8 Å². The number of aromatic nitrogens is 2. The van der Waals surface area contributed by atoms with Gasteiger partial charge in [-0.2, -0.15) is 0 Å². The Bertz CT molecular complexity index is 330. The van der Waals surface area contributed by atoms with Crippen LogP contribution in [0.4, 0.5) is 5.82 Å². The maximum Gasteiger partial charge on any atom is 0.155 e. The fraction of sp³-hybridized carbons (Fsp3) is 0.375. The highest BCUT2D eigenvalue weighted by atomic mass is 15.2. The number of fused-ring (bicyclic) bond motifs is 1. The van der Waals surface area contributed by atoms with Crippen LogP contribution in [0.5, 0.6) is 0 Å². The number of aliphatic imine (C=N–C) groups is 1. The molecule has 62 valence electrons. The Kier molecular flexibility index (Phi) is 1.36. The Labute approximate surface area is 70.8 Å². The monoisotopic (exact) mass is 162 g/mol. The molecular formula is C8H10N4. The van der Waals surface area contributed by atoms with Crippen LogP contribution in [0, 0.1) is 0 Å². The van der Waals surface area contributed by atoms with Crippen molar-refractivity contribution in [3.63, 3.8) is 0 Å². The van der Waals surface area contributed by atoms with E-state index in [-0.39, 0.29) is 5.66 Å². The zero-order valence-corrected chi connectivity index (χ0v) is 7.07. The van der Waals surface area contributed by atoms with E-state index in [1.165, 1.54) is 0 Å². The Hall–Kier alpha value is -1.45. The number of nitrogens with one attached hydrogen (secondary N) is 1. The van der Waals surface area contributed by atoms with Gasteiger partial charge in [0.1, 0.15) is 11.4 Å². The van der Waals surface area contributed by atoms with Gasteiger partial charge < -0.3 is 5.32 Å². The van der Waals surface area contributed by atoms with Crippen LogP contribution in [0.25, 0.3) is 0 Å². The first-order valence-corrected chi connectivity index (χ1v) is 3.82. The van der Waals surface area contributed by atoms with E-state index in [1.807, 2.05) is 13.8 Å². The summed E-state index contributed by atoms with van der Waals surface area (Å²) in [6.45, 7) is 3.97.